The zero-order chi connectivity index (χ0) is 29.0. The van der Waals surface area contributed by atoms with Crippen LogP contribution in [-0.4, -0.2) is 31.4 Å². The Morgan fingerprint density at radius 1 is 0.641 bits per heavy atom. The molecule has 0 saturated carbocycles. The summed E-state index contributed by atoms with van der Waals surface area (Å²) in [5.41, 5.74) is 1.37. The molecule has 0 radical (unpaired) electrons. The van der Waals surface area contributed by atoms with Crippen LogP contribution in [0.15, 0.2) is 30.3 Å². The second-order valence-electron chi connectivity index (χ2n) is 12.2. The number of ether oxygens (including phenoxy) is 2. The van der Waals surface area contributed by atoms with E-state index in [2.05, 4.69) is 32.9 Å². The van der Waals surface area contributed by atoms with Gasteiger partial charge in [-0.1, -0.05) is 128 Å². The maximum atomic E-state index is 12.8. The average molecular weight is 565 g/mol. The molecule has 1 aromatic rings. The van der Waals surface area contributed by atoms with Gasteiger partial charge in [0, 0.05) is 13.0 Å². The van der Waals surface area contributed by atoms with Gasteiger partial charge in [-0.15, -0.1) is 0 Å². The molecule has 0 heterocycles. The molecule has 1 unspecified atom stereocenters. The summed E-state index contributed by atoms with van der Waals surface area (Å²) in [6.07, 6.45) is 8.30. The van der Waals surface area contributed by atoms with Crippen molar-refractivity contribution in [2.75, 3.05) is 13.2 Å². The largest absolute Gasteiger partial charge is 0.453 e. The lowest BCUT2D eigenvalue weighted by Gasteiger charge is -2.26. The average Bonchev–Trinajstić information content (AvgIpc) is 2.85. The minimum atomic E-state index is -5.42. The van der Waals surface area contributed by atoms with E-state index in [0.717, 1.165) is 45.1 Å². The molecule has 0 aromatic heterocycles. The van der Waals surface area contributed by atoms with Gasteiger partial charge in [0.25, 0.3) is 0 Å². The third-order valence-electron chi connectivity index (χ3n) is 6.92. The van der Waals surface area contributed by atoms with Crippen LogP contribution < -0.4 is 0 Å². The Morgan fingerprint density at radius 3 is 1.56 bits per heavy atom. The first-order chi connectivity index (χ1) is 18.4. The third kappa shape index (κ3) is 19.5. The molecule has 7 heteroatoms. The van der Waals surface area contributed by atoms with Crippen LogP contribution in [0.5, 0.6) is 0 Å². The van der Waals surface area contributed by atoms with Gasteiger partial charge < -0.3 is 9.47 Å². The summed E-state index contributed by atoms with van der Waals surface area (Å²) in [7, 11) is 0. The SMILES string of the molecule is CC(C)(C)CC(COCCCCCCCCCCCCCCCCC(F)(F)C(F)(F)F)OCc1ccccc1. The molecule has 39 heavy (non-hydrogen) atoms. The Hall–Kier alpha value is -1.21. The quantitative estimate of drug-likeness (QED) is 0.0972. The van der Waals surface area contributed by atoms with E-state index >= 15 is 0 Å². The predicted molar refractivity (Wildman–Crippen MR) is 150 cm³/mol. The lowest BCUT2D eigenvalue weighted by Crippen LogP contribution is -2.36. The van der Waals surface area contributed by atoms with Crippen LogP contribution in [0, 0.1) is 5.41 Å². The first-order valence-corrected chi connectivity index (χ1v) is 15.1. The number of alkyl halides is 5. The number of unbranched alkanes of at least 4 members (excludes halogenated alkanes) is 13. The Bertz CT molecular complexity index is 701. The van der Waals surface area contributed by atoms with Crippen molar-refractivity contribution in [1.29, 1.82) is 0 Å². The van der Waals surface area contributed by atoms with Crippen molar-refractivity contribution in [3.8, 4) is 0 Å². The molecular formula is C32H53F5O2. The van der Waals surface area contributed by atoms with Gasteiger partial charge in [0.15, 0.2) is 0 Å². The van der Waals surface area contributed by atoms with Crippen molar-refractivity contribution in [3.63, 3.8) is 0 Å². The summed E-state index contributed by atoms with van der Waals surface area (Å²) in [4.78, 5) is 0. The van der Waals surface area contributed by atoms with Crippen molar-refractivity contribution >= 4 is 0 Å². The number of benzene rings is 1. The van der Waals surface area contributed by atoms with Gasteiger partial charge in [-0.2, -0.15) is 22.0 Å². The molecule has 1 atom stereocenters. The van der Waals surface area contributed by atoms with Crippen LogP contribution in [-0.2, 0) is 16.1 Å². The molecule has 0 fully saturated rings. The minimum absolute atomic E-state index is 0.0699. The standard InChI is InChI=1S/C32H53F5O2/c1-30(2,3)25-29(39-26-28-21-17-16-18-22-28)27-38-24-20-15-13-11-9-7-5-4-6-8-10-12-14-19-23-31(33,34)32(35,36)37/h16-18,21-22,29H,4-15,19-20,23-27H2,1-3H3. The minimum Gasteiger partial charge on any atom is -0.379 e. The molecule has 1 rings (SSSR count). The first kappa shape index (κ1) is 35.8. The fraction of sp³-hybridized carbons (Fsp3) is 0.812. The Labute approximate surface area is 234 Å². The summed E-state index contributed by atoms with van der Waals surface area (Å²) in [5, 5.41) is 0. The third-order valence-corrected chi connectivity index (χ3v) is 6.92. The van der Waals surface area contributed by atoms with Crippen molar-refractivity contribution in [2.45, 2.75) is 148 Å². The highest BCUT2D eigenvalue weighted by Crippen LogP contribution is 2.39. The van der Waals surface area contributed by atoms with Crippen molar-refractivity contribution in [3.05, 3.63) is 35.9 Å². The van der Waals surface area contributed by atoms with Crippen molar-refractivity contribution < 1.29 is 31.4 Å². The smallest absolute Gasteiger partial charge is 0.379 e. The van der Waals surface area contributed by atoms with Gasteiger partial charge >= 0.3 is 12.1 Å². The topological polar surface area (TPSA) is 18.5 Å². The molecular weight excluding hydrogens is 511 g/mol. The van der Waals surface area contributed by atoms with Gasteiger partial charge in [-0.3, -0.25) is 0 Å². The van der Waals surface area contributed by atoms with Crippen LogP contribution in [0.4, 0.5) is 22.0 Å². The second-order valence-corrected chi connectivity index (χ2v) is 12.2. The molecule has 0 spiro atoms. The van der Waals surface area contributed by atoms with Crippen LogP contribution >= 0.6 is 0 Å². The molecule has 0 saturated heterocycles. The zero-order valence-corrected chi connectivity index (χ0v) is 24.6. The van der Waals surface area contributed by atoms with Crippen LogP contribution in [0.1, 0.15) is 129 Å². The number of rotatable bonds is 23. The van der Waals surface area contributed by atoms with Crippen molar-refractivity contribution in [1.82, 2.24) is 0 Å². The van der Waals surface area contributed by atoms with Gasteiger partial charge in [0.05, 0.1) is 19.3 Å². The van der Waals surface area contributed by atoms with Gasteiger partial charge in [-0.25, -0.2) is 0 Å². The summed E-state index contributed by atoms with van der Waals surface area (Å²) < 4.78 is 74.1. The van der Waals surface area contributed by atoms with E-state index in [1.54, 1.807) is 0 Å². The highest BCUT2D eigenvalue weighted by atomic mass is 19.4. The van der Waals surface area contributed by atoms with Crippen LogP contribution in [0.25, 0.3) is 0 Å². The lowest BCUT2D eigenvalue weighted by molar-refractivity contribution is -0.284. The Morgan fingerprint density at radius 2 is 1.10 bits per heavy atom. The first-order valence-electron chi connectivity index (χ1n) is 15.1. The molecule has 0 N–H and O–H groups in total. The van der Waals surface area contributed by atoms with Gasteiger partial charge in [-0.05, 0) is 30.2 Å². The summed E-state index contributed by atoms with van der Waals surface area (Å²) in [5.74, 6) is -4.55. The normalized spacial score (nSPS) is 13.6. The van der Waals surface area contributed by atoms with E-state index in [-0.39, 0.29) is 17.9 Å². The number of hydrogen-bond acceptors (Lipinski definition) is 2. The van der Waals surface area contributed by atoms with E-state index in [1.807, 2.05) is 18.2 Å². The maximum absolute atomic E-state index is 12.8. The highest BCUT2D eigenvalue weighted by Gasteiger charge is 2.56. The Balaban J connectivity index is 1.92. The molecule has 2 nitrogen and oxygen atoms in total. The number of halogens is 5. The lowest BCUT2D eigenvalue weighted by atomic mass is 9.89. The van der Waals surface area contributed by atoms with Gasteiger partial charge in [0.2, 0.25) is 0 Å². The predicted octanol–water partition coefficient (Wildman–Crippen LogP) is 11.1. The van der Waals surface area contributed by atoms with Gasteiger partial charge in [0.1, 0.15) is 0 Å². The molecule has 228 valence electrons. The fourth-order valence-electron chi connectivity index (χ4n) is 4.67. The van der Waals surface area contributed by atoms with E-state index in [9.17, 15) is 22.0 Å². The molecule has 0 bridgehead atoms. The second kappa shape index (κ2) is 19.8. The fourth-order valence-corrected chi connectivity index (χ4v) is 4.67. The monoisotopic (exact) mass is 564 g/mol. The summed E-state index contributed by atoms with van der Waals surface area (Å²) in [6.45, 7) is 8.72. The highest BCUT2D eigenvalue weighted by molar-refractivity contribution is 5.13. The van der Waals surface area contributed by atoms with Crippen molar-refractivity contribution in [2.24, 2.45) is 5.41 Å². The zero-order valence-electron chi connectivity index (χ0n) is 24.6. The molecule has 0 aliphatic heterocycles. The number of hydrogen-bond donors (Lipinski definition) is 0. The molecule has 0 aliphatic rings. The molecule has 0 amide bonds. The molecule has 0 aliphatic carbocycles. The van der Waals surface area contributed by atoms with Crippen LogP contribution in [0.2, 0.25) is 0 Å². The molecule has 1 aromatic carbocycles. The van der Waals surface area contributed by atoms with Crippen LogP contribution in [0.3, 0.4) is 0 Å². The van der Waals surface area contributed by atoms with E-state index in [1.165, 1.54) is 50.5 Å². The van der Waals surface area contributed by atoms with E-state index in [4.69, 9.17) is 9.47 Å². The summed E-state index contributed by atoms with van der Waals surface area (Å²) >= 11 is 0. The Kier molecular flexibility index (Phi) is 18.2. The maximum Gasteiger partial charge on any atom is 0.453 e. The van der Waals surface area contributed by atoms with E-state index in [0.29, 0.717) is 19.6 Å². The summed E-state index contributed by atoms with van der Waals surface area (Å²) in [6, 6.07) is 10.3. The van der Waals surface area contributed by atoms with E-state index < -0.39 is 18.5 Å².